The first-order valence-electron chi connectivity index (χ1n) is 6.90. The van der Waals surface area contributed by atoms with Crippen LogP contribution < -0.4 is 5.32 Å². The van der Waals surface area contributed by atoms with E-state index in [0.717, 1.165) is 34.1 Å². The van der Waals surface area contributed by atoms with Gasteiger partial charge >= 0.3 is 0 Å². The Kier molecular flexibility index (Phi) is 6.32. The maximum absolute atomic E-state index is 10.6. The third-order valence-electron chi connectivity index (χ3n) is 3.26. The van der Waals surface area contributed by atoms with Crippen molar-refractivity contribution in [3.63, 3.8) is 0 Å². The first kappa shape index (κ1) is 16.1. The van der Waals surface area contributed by atoms with Crippen LogP contribution in [-0.2, 0) is 6.42 Å². The molecule has 5 heteroatoms. The highest BCUT2D eigenvalue weighted by atomic mass is 79.9. The van der Waals surface area contributed by atoms with Gasteiger partial charge in [0.15, 0.2) is 0 Å². The molecule has 1 atom stereocenters. The largest absolute Gasteiger partial charge is 0.395 e. The minimum atomic E-state index is -0.681. The zero-order valence-electron chi connectivity index (χ0n) is 11.7. The molecular weight excluding hydrogens is 332 g/mol. The van der Waals surface area contributed by atoms with Crippen LogP contribution in [0.25, 0.3) is 0 Å². The Hall–Kier alpha value is -1.27. The molecule has 3 N–H and O–H groups in total. The second-order valence-electron chi connectivity index (χ2n) is 4.76. The summed E-state index contributed by atoms with van der Waals surface area (Å²) >= 11 is 3.47. The number of hydrogen-bond donors (Lipinski definition) is 3. The second-order valence-corrected chi connectivity index (χ2v) is 5.67. The molecule has 1 heterocycles. The SMILES string of the molecule is OCCNCCc1cc(Br)ccc1C(O)c1cccnc1. The molecule has 4 nitrogen and oxygen atoms in total. The van der Waals surface area contributed by atoms with Crippen LogP contribution in [0.3, 0.4) is 0 Å². The van der Waals surface area contributed by atoms with Gasteiger partial charge in [-0.15, -0.1) is 0 Å². The maximum Gasteiger partial charge on any atom is 0.106 e. The van der Waals surface area contributed by atoms with Gasteiger partial charge in [0.25, 0.3) is 0 Å². The van der Waals surface area contributed by atoms with Crippen LogP contribution >= 0.6 is 15.9 Å². The summed E-state index contributed by atoms with van der Waals surface area (Å²) < 4.78 is 0.988. The molecule has 0 radical (unpaired) electrons. The highest BCUT2D eigenvalue weighted by molar-refractivity contribution is 9.10. The lowest BCUT2D eigenvalue weighted by molar-refractivity contribution is 0.218. The first-order chi connectivity index (χ1) is 10.2. The molecule has 1 aromatic carbocycles. The average molecular weight is 351 g/mol. The average Bonchev–Trinajstić information content (AvgIpc) is 2.52. The highest BCUT2D eigenvalue weighted by Gasteiger charge is 2.14. The molecule has 2 rings (SSSR count). The Morgan fingerprint density at radius 3 is 2.81 bits per heavy atom. The Labute approximate surface area is 133 Å². The summed E-state index contributed by atoms with van der Waals surface area (Å²) in [4.78, 5) is 4.06. The van der Waals surface area contributed by atoms with Crippen LogP contribution in [0.5, 0.6) is 0 Å². The van der Waals surface area contributed by atoms with Crippen molar-refractivity contribution < 1.29 is 10.2 Å². The molecule has 0 aliphatic rings. The van der Waals surface area contributed by atoms with Crippen LogP contribution in [0, 0.1) is 0 Å². The van der Waals surface area contributed by atoms with E-state index in [9.17, 15) is 5.11 Å². The minimum Gasteiger partial charge on any atom is -0.395 e. The van der Waals surface area contributed by atoms with Crippen LogP contribution in [0.4, 0.5) is 0 Å². The Bertz CT molecular complexity index is 563. The summed E-state index contributed by atoms with van der Waals surface area (Å²) in [7, 11) is 0. The number of benzene rings is 1. The molecule has 21 heavy (non-hydrogen) atoms. The normalized spacial score (nSPS) is 12.3. The number of nitrogens with zero attached hydrogens (tertiary/aromatic N) is 1. The summed E-state index contributed by atoms with van der Waals surface area (Å²) in [6.45, 7) is 1.46. The molecular formula is C16H19BrN2O2. The number of rotatable bonds is 7. The van der Waals surface area contributed by atoms with E-state index in [1.807, 2.05) is 30.3 Å². The van der Waals surface area contributed by atoms with Gasteiger partial charge in [0.05, 0.1) is 6.61 Å². The standard InChI is InChI=1S/C16H19BrN2O2/c17-14-3-4-15(12(10-14)5-7-18-8-9-20)16(21)13-2-1-6-19-11-13/h1-4,6,10-11,16,18,20-21H,5,7-9H2. The van der Waals surface area contributed by atoms with Gasteiger partial charge in [0, 0.05) is 29.0 Å². The number of aliphatic hydroxyl groups is 2. The highest BCUT2D eigenvalue weighted by Crippen LogP contribution is 2.27. The van der Waals surface area contributed by atoms with Gasteiger partial charge in [0.1, 0.15) is 6.10 Å². The molecule has 2 aromatic rings. The number of hydrogen-bond acceptors (Lipinski definition) is 4. The summed E-state index contributed by atoms with van der Waals surface area (Å²) in [6, 6.07) is 9.58. The Morgan fingerprint density at radius 2 is 2.10 bits per heavy atom. The molecule has 1 unspecified atom stereocenters. The van der Waals surface area contributed by atoms with E-state index in [1.165, 1.54) is 0 Å². The number of pyridine rings is 1. The van der Waals surface area contributed by atoms with Crippen molar-refractivity contribution in [1.29, 1.82) is 0 Å². The predicted molar refractivity (Wildman–Crippen MR) is 86.1 cm³/mol. The van der Waals surface area contributed by atoms with Crippen molar-refractivity contribution >= 4 is 15.9 Å². The third kappa shape index (κ3) is 4.61. The molecule has 0 spiro atoms. The molecule has 0 aliphatic carbocycles. The van der Waals surface area contributed by atoms with Crippen LogP contribution in [0.15, 0.2) is 47.2 Å². The van der Waals surface area contributed by atoms with Crippen molar-refractivity contribution in [3.05, 3.63) is 63.9 Å². The number of aliphatic hydroxyl groups excluding tert-OH is 2. The molecule has 0 saturated carbocycles. The van der Waals surface area contributed by atoms with Gasteiger partial charge in [0.2, 0.25) is 0 Å². The molecule has 0 saturated heterocycles. The van der Waals surface area contributed by atoms with Crippen molar-refractivity contribution in [1.82, 2.24) is 10.3 Å². The van der Waals surface area contributed by atoms with E-state index >= 15 is 0 Å². The number of halogens is 1. The van der Waals surface area contributed by atoms with E-state index in [-0.39, 0.29) is 6.61 Å². The first-order valence-corrected chi connectivity index (χ1v) is 7.69. The zero-order valence-corrected chi connectivity index (χ0v) is 13.3. The monoisotopic (exact) mass is 350 g/mol. The quantitative estimate of drug-likeness (QED) is 0.668. The fourth-order valence-corrected chi connectivity index (χ4v) is 2.61. The molecule has 0 aliphatic heterocycles. The van der Waals surface area contributed by atoms with Gasteiger partial charge in [-0.25, -0.2) is 0 Å². The smallest absolute Gasteiger partial charge is 0.106 e. The van der Waals surface area contributed by atoms with E-state index in [2.05, 4.69) is 26.2 Å². The van der Waals surface area contributed by atoms with Crippen LogP contribution in [-0.4, -0.2) is 34.9 Å². The fraction of sp³-hybridized carbons (Fsp3) is 0.312. The van der Waals surface area contributed by atoms with E-state index in [0.29, 0.717) is 6.54 Å². The Balaban J connectivity index is 2.18. The van der Waals surface area contributed by atoms with Crippen molar-refractivity contribution in [2.45, 2.75) is 12.5 Å². The fourth-order valence-electron chi connectivity index (χ4n) is 2.20. The lowest BCUT2D eigenvalue weighted by Gasteiger charge is -2.16. The van der Waals surface area contributed by atoms with Crippen molar-refractivity contribution in [2.75, 3.05) is 19.7 Å². The summed E-state index contributed by atoms with van der Waals surface area (Å²) in [6.07, 6.45) is 3.48. The third-order valence-corrected chi connectivity index (χ3v) is 3.75. The van der Waals surface area contributed by atoms with E-state index in [1.54, 1.807) is 12.4 Å². The topological polar surface area (TPSA) is 65.4 Å². The molecule has 0 amide bonds. The second kappa shape index (κ2) is 8.24. The van der Waals surface area contributed by atoms with Gasteiger partial charge in [-0.2, -0.15) is 0 Å². The minimum absolute atomic E-state index is 0.129. The van der Waals surface area contributed by atoms with Gasteiger partial charge in [-0.1, -0.05) is 28.1 Å². The number of nitrogens with one attached hydrogen (secondary N) is 1. The lowest BCUT2D eigenvalue weighted by Crippen LogP contribution is -2.21. The van der Waals surface area contributed by atoms with Crippen molar-refractivity contribution in [2.24, 2.45) is 0 Å². The zero-order chi connectivity index (χ0) is 15.1. The summed E-state index contributed by atoms with van der Waals surface area (Å²) in [5, 5.41) is 22.5. The predicted octanol–water partition coefficient (Wildman–Crippen LogP) is 2.05. The molecule has 112 valence electrons. The van der Waals surface area contributed by atoms with Gasteiger partial charge in [-0.3, -0.25) is 4.98 Å². The molecule has 0 fully saturated rings. The van der Waals surface area contributed by atoms with E-state index in [4.69, 9.17) is 5.11 Å². The molecule has 0 bridgehead atoms. The van der Waals surface area contributed by atoms with E-state index < -0.39 is 6.10 Å². The maximum atomic E-state index is 10.6. The number of aromatic nitrogens is 1. The Morgan fingerprint density at radius 1 is 1.24 bits per heavy atom. The van der Waals surface area contributed by atoms with Gasteiger partial charge < -0.3 is 15.5 Å². The van der Waals surface area contributed by atoms with Crippen molar-refractivity contribution in [3.8, 4) is 0 Å². The van der Waals surface area contributed by atoms with Crippen LogP contribution in [0.1, 0.15) is 22.8 Å². The summed E-state index contributed by atoms with van der Waals surface area (Å²) in [5.74, 6) is 0. The molecule has 1 aromatic heterocycles. The lowest BCUT2D eigenvalue weighted by atomic mass is 9.96. The van der Waals surface area contributed by atoms with Crippen LogP contribution in [0.2, 0.25) is 0 Å². The summed E-state index contributed by atoms with van der Waals surface area (Å²) in [5.41, 5.74) is 2.74. The van der Waals surface area contributed by atoms with Gasteiger partial charge in [-0.05, 0) is 42.3 Å².